The van der Waals surface area contributed by atoms with Gasteiger partial charge in [0.1, 0.15) is 5.82 Å². The fourth-order valence-electron chi connectivity index (χ4n) is 2.96. The van der Waals surface area contributed by atoms with Crippen LogP contribution in [0.25, 0.3) is 10.1 Å². The Hall–Kier alpha value is -2.91. The number of aryl methyl sites for hydroxylation is 1. The molecule has 1 aliphatic carbocycles. The number of anilines is 3. The number of rotatable bonds is 5. The molecule has 1 fully saturated rings. The zero-order chi connectivity index (χ0) is 20.7. The van der Waals surface area contributed by atoms with E-state index in [2.05, 4.69) is 20.9 Å². The molecule has 0 saturated heterocycles. The molecule has 0 aliphatic heterocycles. The van der Waals surface area contributed by atoms with Gasteiger partial charge in [-0.05, 0) is 12.8 Å². The Kier molecular flexibility index (Phi) is 5.01. The van der Waals surface area contributed by atoms with Crippen molar-refractivity contribution in [2.24, 2.45) is 13.0 Å². The summed E-state index contributed by atoms with van der Waals surface area (Å²) in [5.41, 5.74) is 1.04. The third-order valence-corrected chi connectivity index (χ3v) is 6.11. The second-order valence-corrected chi connectivity index (χ2v) is 8.12. The maximum atomic E-state index is 12.6. The Morgan fingerprint density at radius 3 is 2.76 bits per heavy atom. The van der Waals surface area contributed by atoms with Gasteiger partial charge in [0.2, 0.25) is 5.91 Å². The Bertz CT molecular complexity index is 1200. The number of fused-ring (bicyclic) bond motifs is 1. The summed E-state index contributed by atoms with van der Waals surface area (Å²) in [4.78, 5) is 41.2. The molecule has 0 radical (unpaired) electrons. The van der Waals surface area contributed by atoms with Crippen molar-refractivity contribution >= 4 is 62.0 Å². The number of hydrogen-bond donors (Lipinski definition) is 3. The van der Waals surface area contributed by atoms with E-state index < -0.39 is 0 Å². The number of aromatic nitrogens is 2. The van der Waals surface area contributed by atoms with Crippen molar-refractivity contribution in [3.63, 3.8) is 0 Å². The van der Waals surface area contributed by atoms with E-state index >= 15 is 0 Å². The number of pyridine rings is 2. The minimum absolute atomic E-state index is 0.0257. The summed E-state index contributed by atoms with van der Waals surface area (Å²) < 4.78 is 2.07. The topological polar surface area (TPSA) is 105 Å². The van der Waals surface area contributed by atoms with E-state index in [1.807, 2.05) is 0 Å². The van der Waals surface area contributed by atoms with Crippen LogP contribution < -0.4 is 21.5 Å². The van der Waals surface area contributed by atoms with Crippen LogP contribution in [0.3, 0.4) is 0 Å². The summed E-state index contributed by atoms with van der Waals surface area (Å²) in [6.07, 6.45) is 4.71. The van der Waals surface area contributed by atoms with Crippen LogP contribution in [-0.2, 0) is 11.8 Å². The van der Waals surface area contributed by atoms with Gasteiger partial charge in [0.15, 0.2) is 0 Å². The lowest BCUT2D eigenvalue weighted by molar-refractivity contribution is -0.117. The number of carbonyl (C=O) groups is 2. The maximum absolute atomic E-state index is 12.6. The molecule has 8 nitrogen and oxygen atoms in total. The molecule has 2 amide bonds. The van der Waals surface area contributed by atoms with Gasteiger partial charge >= 0.3 is 0 Å². The molecule has 0 aromatic carbocycles. The number of halogens is 1. The lowest BCUT2D eigenvalue weighted by Crippen LogP contribution is -2.21. The average Bonchev–Trinajstić information content (AvgIpc) is 3.47. The fraction of sp³-hybridized carbons (Fsp3) is 0.263. The number of carbonyl (C=O) groups excluding carboxylic acids is 2. The first-order valence-corrected chi connectivity index (χ1v) is 10.2. The second-order valence-electron chi connectivity index (χ2n) is 6.83. The largest absolute Gasteiger partial charge is 0.355 e. The second kappa shape index (κ2) is 7.49. The van der Waals surface area contributed by atoms with Gasteiger partial charge in [-0.2, -0.15) is 0 Å². The SMILES string of the molecule is CNC(=O)c1cnc(NC(=O)C2CC2)cc1Nc1csc2c(Cl)cn(C)c(=O)c12. The predicted molar refractivity (Wildman–Crippen MR) is 114 cm³/mol. The highest BCUT2D eigenvalue weighted by molar-refractivity contribution is 7.18. The lowest BCUT2D eigenvalue weighted by atomic mass is 10.2. The van der Waals surface area contributed by atoms with Gasteiger partial charge in [0.25, 0.3) is 11.5 Å². The number of thiophene rings is 1. The van der Waals surface area contributed by atoms with Crippen LogP contribution in [0.1, 0.15) is 23.2 Å². The van der Waals surface area contributed by atoms with Gasteiger partial charge in [0, 0.05) is 43.9 Å². The fourth-order valence-corrected chi connectivity index (χ4v) is 4.23. The minimum atomic E-state index is -0.342. The summed E-state index contributed by atoms with van der Waals surface area (Å²) in [7, 11) is 3.15. The molecule has 3 aromatic rings. The molecule has 1 saturated carbocycles. The molecule has 10 heteroatoms. The van der Waals surface area contributed by atoms with E-state index in [0.29, 0.717) is 32.3 Å². The van der Waals surface area contributed by atoms with Crippen LogP contribution in [0.15, 0.2) is 28.6 Å². The molecule has 4 rings (SSSR count). The Labute approximate surface area is 174 Å². The molecule has 3 aromatic heterocycles. The van der Waals surface area contributed by atoms with Crippen LogP contribution in [0, 0.1) is 5.92 Å². The highest BCUT2D eigenvalue weighted by atomic mass is 35.5. The van der Waals surface area contributed by atoms with Gasteiger partial charge < -0.3 is 20.5 Å². The smallest absolute Gasteiger partial charge is 0.261 e. The zero-order valence-corrected chi connectivity index (χ0v) is 17.3. The summed E-state index contributed by atoms with van der Waals surface area (Å²) in [6.45, 7) is 0. The summed E-state index contributed by atoms with van der Waals surface area (Å²) >= 11 is 7.61. The Morgan fingerprint density at radius 2 is 2.07 bits per heavy atom. The third kappa shape index (κ3) is 3.70. The van der Waals surface area contributed by atoms with E-state index in [1.165, 1.54) is 29.1 Å². The van der Waals surface area contributed by atoms with Crippen LogP contribution in [0.5, 0.6) is 0 Å². The summed E-state index contributed by atoms with van der Waals surface area (Å²) in [6, 6.07) is 1.59. The predicted octanol–water partition coefficient (Wildman–Crippen LogP) is 3.10. The van der Waals surface area contributed by atoms with Crippen molar-refractivity contribution in [3.8, 4) is 0 Å². The van der Waals surface area contributed by atoms with Crippen molar-refractivity contribution in [3.05, 3.63) is 44.8 Å². The first kappa shape index (κ1) is 19.4. The highest BCUT2D eigenvalue weighted by Gasteiger charge is 2.30. The standard InChI is InChI=1S/C19H18ClN5O3S/c1-21-18(27)10-6-22-14(24-17(26)9-3-4-9)5-12(10)23-13-8-29-16-11(20)7-25(2)19(28)15(13)16/h5-9H,3-4H2,1-2H3,(H,21,27)(H2,22,23,24,26). The molecule has 3 N–H and O–H groups in total. The minimum Gasteiger partial charge on any atom is -0.355 e. The molecule has 150 valence electrons. The molecule has 0 unspecified atom stereocenters. The molecular weight excluding hydrogens is 414 g/mol. The lowest BCUT2D eigenvalue weighted by Gasteiger charge is -2.13. The van der Waals surface area contributed by atoms with Crippen molar-refractivity contribution < 1.29 is 9.59 Å². The van der Waals surface area contributed by atoms with E-state index in [-0.39, 0.29) is 28.9 Å². The van der Waals surface area contributed by atoms with Crippen LogP contribution >= 0.6 is 22.9 Å². The van der Waals surface area contributed by atoms with E-state index in [9.17, 15) is 14.4 Å². The van der Waals surface area contributed by atoms with Crippen LogP contribution in [0.4, 0.5) is 17.2 Å². The monoisotopic (exact) mass is 431 g/mol. The quantitative estimate of drug-likeness (QED) is 0.575. The highest BCUT2D eigenvalue weighted by Crippen LogP contribution is 2.35. The van der Waals surface area contributed by atoms with Crippen LogP contribution in [0.2, 0.25) is 5.02 Å². The Balaban J connectivity index is 1.77. The van der Waals surface area contributed by atoms with E-state index in [0.717, 1.165) is 12.8 Å². The van der Waals surface area contributed by atoms with Gasteiger partial charge in [-0.1, -0.05) is 11.6 Å². The first-order valence-electron chi connectivity index (χ1n) is 8.95. The van der Waals surface area contributed by atoms with E-state index in [4.69, 9.17) is 11.6 Å². The van der Waals surface area contributed by atoms with Gasteiger partial charge in [0.05, 0.1) is 32.0 Å². The number of amides is 2. The number of hydrogen-bond acceptors (Lipinski definition) is 6. The summed E-state index contributed by atoms with van der Waals surface area (Å²) in [5, 5.41) is 11.2. The summed E-state index contributed by atoms with van der Waals surface area (Å²) in [5.74, 6) is -0.0661. The van der Waals surface area contributed by atoms with Crippen molar-refractivity contribution in [2.45, 2.75) is 12.8 Å². The third-order valence-electron chi connectivity index (χ3n) is 4.69. The van der Waals surface area contributed by atoms with E-state index in [1.54, 1.807) is 24.7 Å². The molecule has 0 atom stereocenters. The zero-order valence-electron chi connectivity index (χ0n) is 15.7. The van der Waals surface area contributed by atoms with Crippen LogP contribution in [-0.4, -0.2) is 28.4 Å². The molecule has 29 heavy (non-hydrogen) atoms. The molecule has 3 heterocycles. The number of nitrogens with zero attached hydrogens (tertiary/aromatic N) is 2. The Morgan fingerprint density at radius 1 is 1.31 bits per heavy atom. The van der Waals surface area contributed by atoms with Gasteiger partial charge in [-0.15, -0.1) is 11.3 Å². The maximum Gasteiger partial charge on any atom is 0.261 e. The van der Waals surface area contributed by atoms with Crippen molar-refractivity contribution in [1.82, 2.24) is 14.9 Å². The number of nitrogens with one attached hydrogen (secondary N) is 3. The van der Waals surface area contributed by atoms with Crippen molar-refractivity contribution in [2.75, 3.05) is 17.7 Å². The molecule has 0 spiro atoms. The molecule has 0 bridgehead atoms. The van der Waals surface area contributed by atoms with Crippen molar-refractivity contribution in [1.29, 1.82) is 0 Å². The van der Waals surface area contributed by atoms with Gasteiger partial charge in [-0.3, -0.25) is 14.4 Å². The average molecular weight is 432 g/mol. The molecular formula is C19H18ClN5O3S. The first-order chi connectivity index (χ1) is 13.9. The van der Waals surface area contributed by atoms with Gasteiger partial charge in [-0.25, -0.2) is 4.98 Å². The molecule has 1 aliphatic rings. The normalized spacial score (nSPS) is 13.3.